The summed E-state index contributed by atoms with van der Waals surface area (Å²) in [6, 6.07) is 10.8. The van der Waals surface area contributed by atoms with Gasteiger partial charge in [0.15, 0.2) is 0 Å². The highest BCUT2D eigenvalue weighted by atomic mass is 16.6. The molecule has 0 bridgehead atoms. The fraction of sp³-hybridized carbons (Fsp3) is 0.263. The van der Waals surface area contributed by atoms with Gasteiger partial charge in [0, 0.05) is 23.4 Å². The van der Waals surface area contributed by atoms with E-state index >= 15 is 0 Å². The van der Waals surface area contributed by atoms with Gasteiger partial charge in [-0.25, -0.2) is 4.79 Å². The first-order valence-corrected chi connectivity index (χ1v) is 8.61. The van der Waals surface area contributed by atoms with Crippen LogP contribution in [0.4, 0.5) is 17.1 Å². The normalized spacial score (nSPS) is 12.9. The van der Waals surface area contributed by atoms with Crippen molar-refractivity contribution in [3.05, 3.63) is 63.7 Å². The van der Waals surface area contributed by atoms with Gasteiger partial charge in [0.25, 0.3) is 11.6 Å². The van der Waals surface area contributed by atoms with Gasteiger partial charge in [-0.2, -0.15) is 0 Å². The first-order valence-electron chi connectivity index (χ1n) is 8.61. The zero-order chi connectivity index (χ0) is 19.4. The van der Waals surface area contributed by atoms with Gasteiger partial charge >= 0.3 is 5.97 Å². The number of ether oxygens (including phenoxy) is 1. The van der Waals surface area contributed by atoms with E-state index in [1.54, 1.807) is 43.3 Å². The fourth-order valence-electron chi connectivity index (χ4n) is 2.50. The minimum absolute atomic E-state index is 0.132. The maximum atomic E-state index is 12.4. The van der Waals surface area contributed by atoms with Crippen molar-refractivity contribution in [1.82, 2.24) is 0 Å². The number of nitro groups is 1. The Morgan fingerprint density at radius 2 is 1.81 bits per heavy atom. The van der Waals surface area contributed by atoms with Gasteiger partial charge in [0.1, 0.15) is 5.69 Å². The summed E-state index contributed by atoms with van der Waals surface area (Å²) in [6.45, 7) is 2.00. The summed E-state index contributed by atoms with van der Waals surface area (Å²) in [5, 5.41) is 17.1. The number of benzene rings is 2. The molecule has 27 heavy (non-hydrogen) atoms. The summed E-state index contributed by atoms with van der Waals surface area (Å²) in [5.41, 5.74) is 1.31. The van der Waals surface area contributed by atoms with Crippen molar-refractivity contribution in [2.75, 3.05) is 17.2 Å². The molecule has 2 aromatic rings. The molecule has 1 saturated carbocycles. The van der Waals surface area contributed by atoms with Crippen LogP contribution < -0.4 is 10.6 Å². The number of hydrogen-bond acceptors (Lipinski definition) is 6. The number of nitrogens with one attached hydrogen (secondary N) is 2. The summed E-state index contributed by atoms with van der Waals surface area (Å²) < 4.78 is 4.90. The van der Waals surface area contributed by atoms with Crippen molar-refractivity contribution in [3.8, 4) is 0 Å². The first kappa shape index (κ1) is 18.4. The van der Waals surface area contributed by atoms with E-state index in [0.717, 1.165) is 12.8 Å². The smallest absolute Gasteiger partial charge is 0.338 e. The third kappa shape index (κ3) is 4.60. The fourth-order valence-corrected chi connectivity index (χ4v) is 2.50. The second-order valence-electron chi connectivity index (χ2n) is 6.16. The summed E-state index contributed by atoms with van der Waals surface area (Å²) in [4.78, 5) is 34.8. The number of anilines is 2. The number of amides is 1. The highest BCUT2D eigenvalue weighted by Gasteiger charge is 2.25. The lowest BCUT2D eigenvalue weighted by Gasteiger charge is -2.09. The first-order chi connectivity index (χ1) is 13.0. The third-order valence-electron chi connectivity index (χ3n) is 4.05. The van der Waals surface area contributed by atoms with E-state index < -0.39 is 16.8 Å². The molecule has 2 aromatic carbocycles. The maximum Gasteiger partial charge on any atom is 0.338 e. The third-order valence-corrected chi connectivity index (χ3v) is 4.05. The van der Waals surface area contributed by atoms with Crippen LogP contribution >= 0.6 is 0 Å². The van der Waals surface area contributed by atoms with Crippen LogP contribution in [0.5, 0.6) is 0 Å². The number of carbonyl (C=O) groups is 2. The van der Waals surface area contributed by atoms with Gasteiger partial charge in [-0.1, -0.05) is 0 Å². The zero-order valence-corrected chi connectivity index (χ0v) is 14.7. The predicted octanol–water partition coefficient (Wildman–Crippen LogP) is 3.60. The van der Waals surface area contributed by atoms with Crippen LogP contribution in [-0.2, 0) is 4.74 Å². The van der Waals surface area contributed by atoms with E-state index in [1.807, 2.05) is 0 Å². The molecule has 8 nitrogen and oxygen atoms in total. The topological polar surface area (TPSA) is 111 Å². The average molecular weight is 369 g/mol. The van der Waals surface area contributed by atoms with Crippen LogP contribution in [-0.4, -0.2) is 29.4 Å². The Bertz CT molecular complexity index is 875. The lowest BCUT2D eigenvalue weighted by atomic mass is 10.1. The second kappa shape index (κ2) is 7.86. The largest absolute Gasteiger partial charge is 0.462 e. The average Bonchev–Trinajstić information content (AvgIpc) is 3.46. The van der Waals surface area contributed by atoms with Crippen molar-refractivity contribution >= 4 is 28.9 Å². The van der Waals surface area contributed by atoms with E-state index in [9.17, 15) is 19.7 Å². The van der Waals surface area contributed by atoms with Gasteiger partial charge in [-0.15, -0.1) is 0 Å². The summed E-state index contributed by atoms with van der Waals surface area (Å²) in [7, 11) is 0. The molecule has 0 aromatic heterocycles. The maximum absolute atomic E-state index is 12.4. The van der Waals surface area contributed by atoms with E-state index in [-0.39, 0.29) is 23.9 Å². The molecule has 2 N–H and O–H groups in total. The predicted molar refractivity (Wildman–Crippen MR) is 100 cm³/mol. The van der Waals surface area contributed by atoms with Crippen molar-refractivity contribution in [2.24, 2.45) is 0 Å². The molecule has 140 valence electrons. The van der Waals surface area contributed by atoms with Crippen LogP contribution in [0, 0.1) is 10.1 Å². The lowest BCUT2D eigenvalue weighted by Crippen LogP contribution is -2.13. The van der Waals surface area contributed by atoms with Crippen LogP contribution in [0.25, 0.3) is 0 Å². The molecule has 8 heteroatoms. The highest BCUT2D eigenvalue weighted by Crippen LogP contribution is 2.31. The molecule has 0 heterocycles. The Balaban J connectivity index is 1.72. The molecule has 1 aliphatic carbocycles. The SMILES string of the molecule is CCOC(=O)c1ccc(NC(=O)c2ccc(NC3CC3)c([N+](=O)[O-])c2)cc1. The van der Waals surface area contributed by atoms with Crippen molar-refractivity contribution in [3.63, 3.8) is 0 Å². The van der Waals surface area contributed by atoms with Crippen LogP contribution in [0.2, 0.25) is 0 Å². The molecule has 0 spiro atoms. The number of rotatable bonds is 7. The second-order valence-corrected chi connectivity index (χ2v) is 6.16. The zero-order valence-electron chi connectivity index (χ0n) is 14.7. The summed E-state index contributed by atoms with van der Waals surface area (Å²) >= 11 is 0. The summed E-state index contributed by atoms with van der Waals surface area (Å²) in [5.74, 6) is -0.912. The number of hydrogen-bond donors (Lipinski definition) is 2. The van der Waals surface area contributed by atoms with Gasteiger partial charge in [-0.3, -0.25) is 14.9 Å². The van der Waals surface area contributed by atoms with Gasteiger partial charge in [0.2, 0.25) is 0 Å². The molecule has 0 atom stereocenters. The Hall–Kier alpha value is -3.42. The molecule has 0 aliphatic heterocycles. The number of esters is 1. The highest BCUT2D eigenvalue weighted by molar-refractivity contribution is 6.05. The number of nitro benzene ring substituents is 1. The van der Waals surface area contributed by atoms with E-state index in [2.05, 4.69) is 10.6 Å². The molecule has 1 amide bonds. The van der Waals surface area contributed by atoms with Gasteiger partial charge < -0.3 is 15.4 Å². The van der Waals surface area contributed by atoms with E-state index in [1.165, 1.54) is 6.07 Å². The quantitative estimate of drug-likeness (QED) is 0.438. The Morgan fingerprint density at radius 1 is 1.15 bits per heavy atom. The molecule has 1 aliphatic rings. The number of nitrogens with zero attached hydrogens (tertiary/aromatic N) is 1. The Labute approximate surface area is 155 Å². The molecular weight excluding hydrogens is 350 g/mol. The minimum atomic E-state index is -0.504. The van der Waals surface area contributed by atoms with Crippen molar-refractivity contribution in [1.29, 1.82) is 0 Å². The van der Waals surface area contributed by atoms with Crippen molar-refractivity contribution < 1.29 is 19.2 Å². The van der Waals surface area contributed by atoms with Crippen LogP contribution in [0.1, 0.15) is 40.5 Å². The lowest BCUT2D eigenvalue weighted by molar-refractivity contribution is -0.384. The monoisotopic (exact) mass is 369 g/mol. The van der Waals surface area contributed by atoms with Crippen LogP contribution in [0.3, 0.4) is 0 Å². The summed E-state index contributed by atoms with van der Waals surface area (Å²) in [6.07, 6.45) is 1.97. The molecule has 1 fully saturated rings. The molecule has 0 radical (unpaired) electrons. The van der Waals surface area contributed by atoms with Gasteiger partial charge in [0.05, 0.1) is 17.1 Å². The molecule has 0 saturated heterocycles. The Morgan fingerprint density at radius 3 is 2.41 bits per heavy atom. The van der Waals surface area contributed by atoms with Crippen molar-refractivity contribution in [2.45, 2.75) is 25.8 Å². The number of carbonyl (C=O) groups excluding carboxylic acids is 2. The van der Waals surface area contributed by atoms with Gasteiger partial charge in [-0.05, 0) is 56.2 Å². The van der Waals surface area contributed by atoms with E-state index in [4.69, 9.17) is 4.74 Å². The van der Waals surface area contributed by atoms with Crippen LogP contribution in [0.15, 0.2) is 42.5 Å². The molecule has 0 unspecified atom stereocenters. The standard InChI is InChI=1S/C19H19N3O5/c1-2-27-19(24)12-3-6-15(7-4-12)21-18(23)13-5-10-16(20-14-8-9-14)17(11-13)22(25)26/h3-7,10-11,14,20H,2,8-9H2,1H3,(H,21,23). The molecule has 3 rings (SSSR count). The Kier molecular flexibility index (Phi) is 5.35. The van der Waals surface area contributed by atoms with E-state index in [0.29, 0.717) is 16.9 Å². The minimum Gasteiger partial charge on any atom is -0.462 e. The molecular formula is C19H19N3O5.